The number of phenolic OH excluding ortho intramolecular Hbond substituents is 2. The number of carbonyl (C=O) groups is 1. The van der Waals surface area contributed by atoms with E-state index in [1.165, 1.54) is 18.3 Å². The monoisotopic (exact) mass is 205 g/mol. The first-order valence-electron chi connectivity index (χ1n) is 4.07. The van der Waals surface area contributed by atoms with Crippen LogP contribution in [0.4, 0.5) is 0 Å². The van der Waals surface area contributed by atoms with Crippen molar-refractivity contribution >= 4 is 16.8 Å². The van der Waals surface area contributed by atoms with E-state index in [2.05, 4.69) is 10.2 Å². The molecule has 1 aromatic carbocycles. The first kappa shape index (κ1) is 9.20. The van der Waals surface area contributed by atoms with Crippen molar-refractivity contribution in [2.75, 3.05) is 0 Å². The van der Waals surface area contributed by atoms with E-state index in [0.717, 1.165) is 0 Å². The lowest BCUT2D eigenvalue weighted by Crippen LogP contribution is -2.12. The van der Waals surface area contributed by atoms with Crippen molar-refractivity contribution in [3.05, 3.63) is 23.9 Å². The maximum atomic E-state index is 11.0. The lowest BCUT2D eigenvalue weighted by molar-refractivity contribution is 0.100. The Morgan fingerprint density at radius 1 is 1.27 bits per heavy atom. The number of nitrogens with two attached hydrogens (primary N) is 1. The zero-order valence-electron chi connectivity index (χ0n) is 7.51. The summed E-state index contributed by atoms with van der Waals surface area (Å²) in [5, 5.41) is 26.1. The van der Waals surface area contributed by atoms with E-state index in [1.807, 2.05) is 0 Å². The van der Waals surface area contributed by atoms with Gasteiger partial charge in [0.1, 0.15) is 0 Å². The molecule has 0 unspecified atom stereocenters. The smallest absolute Gasteiger partial charge is 0.251 e. The number of nitrogens with zero attached hydrogens (tertiary/aromatic N) is 2. The number of aromatic hydroxyl groups is 2. The van der Waals surface area contributed by atoms with Gasteiger partial charge in [-0.15, -0.1) is 0 Å². The summed E-state index contributed by atoms with van der Waals surface area (Å²) in [6, 6.07) is 2.43. The van der Waals surface area contributed by atoms with Gasteiger partial charge in [0.05, 0.1) is 17.3 Å². The van der Waals surface area contributed by atoms with Crippen molar-refractivity contribution in [3.63, 3.8) is 0 Å². The second-order valence-corrected chi connectivity index (χ2v) is 2.98. The normalized spacial score (nSPS) is 10.4. The molecule has 0 aliphatic carbocycles. The van der Waals surface area contributed by atoms with Gasteiger partial charge < -0.3 is 15.9 Å². The Hall–Kier alpha value is -2.37. The number of hydrogen-bond donors (Lipinski definition) is 3. The highest BCUT2D eigenvalue weighted by atomic mass is 16.3. The molecule has 0 aliphatic rings. The molecule has 1 amide bonds. The quantitative estimate of drug-likeness (QED) is 0.573. The average molecular weight is 205 g/mol. The summed E-state index contributed by atoms with van der Waals surface area (Å²) in [4.78, 5) is 11.0. The number of primary amides is 1. The van der Waals surface area contributed by atoms with Crippen LogP contribution in [0.25, 0.3) is 10.9 Å². The van der Waals surface area contributed by atoms with Gasteiger partial charge in [-0.25, -0.2) is 0 Å². The van der Waals surface area contributed by atoms with Crippen LogP contribution in [0.1, 0.15) is 10.4 Å². The van der Waals surface area contributed by atoms with Gasteiger partial charge in [0.2, 0.25) is 0 Å². The number of benzene rings is 1. The van der Waals surface area contributed by atoms with Gasteiger partial charge >= 0.3 is 0 Å². The predicted molar refractivity (Wildman–Crippen MR) is 51.4 cm³/mol. The zero-order chi connectivity index (χ0) is 11.0. The van der Waals surface area contributed by atoms with Crippen LogP contribution in [0.5, 0.6) is 11.5 Å². The molecular weight excluding hydrogens is 198 g/mol. The van der Waals surface area contributed by atoms with Crippen LogP contribution in [0.3, 0.4) is 0 Å². The Kier molecular flexibility index (Phi) is 1.89. The van der Waals surface area contributed by atoms with Gasteiger partial charge in [0.15, 0.2) is 11.5 Å². The van der Waals surface area contributed by atoms with Crippen molar-refractivity contribution in [3.8, 4) is 11.5 Å². The summed E-state index contributed by atoms with van der Waals surface area (Å²) in [6.45, 7) is 0. The van der Waals surface area contributed by atoms with Gasteiger partial charge in [0.25, 0.3) is 5.91 Å². The van der Waals surface area contributed by atoms with E-state index in [9.17, 15) is 15.0 Å². The Morgan fingerprint density at radius 3 is 2.60 bits per heavy atom. The Morgan fingerprint density at radius 2 is 1.93 bits per heavy atom. The minimum atomic E-state index is -0.667. The van der Waals surface area contributed by atoms with Crippen molar-refractivity contribution < 1.29 is 15.0 Å². The summed E-state index contributed by atoms with van der Waals surface area (Å²) < 4.78 is 0. The van der Waals surface area contributed by atoms with Gasteiger partial charge in [-0.1, -0.05) is 0 Å². The summed E-state index contributed by atoms with van der Waals surface area (Å²) in [6.07, 6.45) is 1.21. The van der Waals surface area contributed by atoms with Crippen molar-refractivity contribution in [1.29, 1.82) is 0 Å². The average Bonchev–Trinajstić information content (AvgIpc) is 2.18. The molecule has 4 N–H and O–H groups in total. The number of fused-ring (bicyclic) bond motifs is 1. The minimum Gasteiger partial charge on any atom is -0.504 e. The first-order valence-corrected chi connectivity index (χ1v) is 4.07. The lowest BCUT2D eigenvalue weighted by Gasteiger charge is -2.03. The molecule has 15 heavy (non-hydrogen) atoms. The Balaban J connectivity index is 2.86. The van der Waals surface area contributed by atoms with Crippen molar-refractivity contribution in [2.24, 2.45) is 5.73 Å². The number of rotatable bonds is 1. The fourth-order valence-corrected chi connectivity index (χ4v) is 1.28. The number of amides is 1. The minimum absolute atomic E-state index is 0.148. The third-order valence-electron chi connectivity index (χ3n) is 2.00. The van der Waals surface area contributed by atoms with Crippen LogP contribution in [-0.4, -0.2) is 26.3 Å². The van der Waals surface area contributed by atoms with E-state index in [4.69, 9.17) is 5.73 Å². The van der Waals surface area contributed by atoms with Crippen LogP contribution in [0, 0.1) is 0 Å². The van der Waals surface area contributed by atoms with E-state index in [1.54, 1.807) is 0 Å². The zero-order valence-corrected chi connectivity index (χ0v) is 7.51. The van der Waals surface area contributed by atoms with Crippen LogP contribution in [0.15, 0.2) is 18.3 Å². The summed E-state index contributed by atoms with van der Waals surface area (Å²) >= 11 is 0. The molecule has 6 nitrogen and oxygen atoms in total. The third kappa shape index (κ3) is 1.41. The molecular formula is C9H7N3O3. The molecule has 6 heteroatoms. The molecule has 0 atom stereocenters. The van der Waals surface area contributed by atoms with Crippen LogP contribution < -0.4 is 5.73 Å². The van der Waals surface area contributed by atoms with Gasteiger partial charge in [-0.3, -0.25) is 4.79 Å². The molecule has 1 heterocycles. The molecule has 76 valence electrons. The Labute approximate surface area is 84.0 Å². The highest BCUT2D eigenvalue weighted by Crippen LogP contribution is 2.30. The van der Waals surface area contributed by atoms with Crippen LogP contribution in [0.2, 0.25) is 0 Å². The van der Waals surface area contributed by atoms with E-state index >= 15 is 0 Å². The Bertz CT molecular complexity index is 554. The third-order valence-corrected chi connectivity index (χ3v) is 2.00. The SMILES string of the molecule is NC(=O)c1cnnc2cc(O)c(O)cc12. The lowest BCUT2D eigenvalue weighted by atomic mass is 10.1. The van der Waals surface area contributed by atoms with Gasteiger partial charge in [-0.05, 0) is 6.07 Å². The molecule has 0 radical (unpaired) electrons. The number of aromatic nitrogens is 2. The highest BCUT2D eigenvalue weighted by Gasteiger charge is 2.11. The van der Waals surface area contributed by atoms with E-state index < -0.39 is 5.91 Å². The molecule has 2 aromatic rings. The summed E-state index contributed by atoms with van der Waals surface area (Å²) in [5.74, 6) is -1.32. The second kappa shape index (κ2) is 3.09. The highest BCUT2D eigenvalue weighted by molar-refractivity contribution is 6.05. The molecule has 0 saturated carbocycles. The second-order valence-electron chi connectivity index (χ2n) is 2.98. The van der Waals surface area contributed by atoms with E-state index in [0.29, 0.717) is 10.9 Å². The standard InChI is InChI=1S/C9H7N3O3/c10-9(15)5-3-11-12-6-2-8(14)7(13)1-4(5)6/h1-3,13-14H,(H2,10,15). The number of carbonyl (C=O) groups excluding carboxylic acids is 1. The number of phenols is 2. The number of hydrogen-bond acceptors (Lipinski definition) is 5. The molecule has 0 aliphatic heterocycles. The molecule has 0 spiro atoms. The first-order chi connectivity index (χ1) is 7.09. The van der Waals surface area contributed by atoms with Crippen LogP contribution in [-0.2, 0) is 0 Å². The summed E-state index contributed by atoms with van der Waals surface area (Å²) in [5.41, 5.74) is 5.56. The van der Waals surface area contributed by atoms with Crippen molar-refractivity contribution in [2.45, 2.75) is 0 Å². The molecule has 1 aromatic heterocycles. The largest absolute Gasteiger partial charge is 0.504 e. The van der Waals surface area contributed by atoms with E-state index in [-0.39, 0.29) is 17.1 Å². The van der Waals surface area contributed by atoms with Gasteiger partial charge in [-0.2, -0.15) is 10.2 Å². The molecule has 0 fully saturated rings. The summed E-state index contributed by atoms with van der Waals surface area (Å²) in [7, 11) is 0. The topological polar surface area (TPSA) is 109 Å². The molecule has 0 saturated heterocycles. The maximum absolute atomic E-state index is 11.0. The maximum Gasteiger partial charge on any atom is 0.251 e. The van der Waals surface area contributed by atoms with Gasteiger partial charge in [0, 0.05) is 11.5 Å². The fraction of sp³-hybridized carbons (Fsp3) is 0. The molecule has 2 rings (SSSR count). The van der Waals surface area contributed by atoms with Crippen LogP contribution >= 0.6 is 0 Å². The molecule has 0 bridgehead atoms. The predicted octanol–water partition coefficient (Wildman–Crippen LogP) is 0.140. The fourth-order valence-electron chi connectivity index (χ4n) is 1.28. The van der Waals surface area contributed by atoms with Crippen molar-refractivity contribution in [1.82, 2.24) is 10.2 Å².